The van der Waals surface area contributed by atoms with E-state index in [0.29, 0.717) is 16.8 Å². The zero-order valence-electron chi connectivity index (χ0n) is 15.1. The lowest BCUT2D eigenvalue weighted by atomic mass is 10.2. The van der Waals surface area contributed by atoms with Crippen molar-refractivity contribution in [2.24, 2.45) is 0 Å². The molecule has 1 saturated carbocycles. The highest BCUT2D eigenvalue weighted by molar-refractivity contribution is 7.99. The van der Waals surface area contributed by atoms with Crippen molar-refractivity contribution >= 4 is 34.1 Å². The van der Waals surface area contributed by atoms with Gasteiger partial charge in [-0.2, -0.15) is 0 Å². The molecule has 0 unspecified atom stereocenters. The van der Waals surface area contributed by atoms with Crippen LogP contribution in [-0.2, 0) is 11.3 Å². The fourth-order valence-electron chi connectivity index (χ4n) is 2.84. The molecule has 27 heavy (non-hydrogen) atoms. The Balaban J connectivity index is 1.36. The summed E-state index contributed by atoms with van der Waals surface area (Å²) in [5.41, 5.74) is 1.92. The maximum absolute atomic E-state index is 12.3. The number of amides is 1. The predicted molar refractivity (Wildman–Crippen MR) is 109 cm³/mol. The monoisotopic (exact) mass is 399 g/mol. The molecule has 0 atom stereocenters. The summed E-state index contributed by atoms with van der Waals surface area (Å²) < 4.78 is 2.17. The number of nitrogens with zero attached hydrogens (tertiary/aromatic N) is 4. The van der Waals surface area contributed by atoms with E-state index in [0.717, 1.165) is 35.2 Å². The Labute approximate surface area is 166 Å². The molecule has 3 aromatic rings. The number of hydrogen-bond acceptors (Lipinski definition) is 6. The molecule has 1 amide bonds. The van der Waals surface area contributed by atoms with Gasteiger partial charge in [0.25, 0.3) is 0 Å². The van der Waals surface area contributed by atoms with E-state index >= 15 is 0 Å². The van der Waals surface area contributed by atoms with E-state index in [1.54, 1.807) is 0 Å². The minimum absolute atomic E-state index is 0.0759. The van der Waals surface area contributed by atoms with Crippen LogP contribution in [0.2, 0.25) is 0 Å². The van der Waals surface area contributed by atoms with Crippen LogP contribution >= 0.6 is 23.1 Å². The summed E-state index contributed by atoms with van der Waals surface area (Å²) in [6.45, 7) is 3.04. The molecule has 0 radical (unpaired) electrons. The lowest BCUT2D eigenvalue weighted by Crippen LogP contribution is -2.14. The van der Waals surface area contributed by atoms with Gasteiger partial charge in [0.05, 0.1) is 11.4 Å². The molecule has 0 saturated heterocycles. The van der Waals surface area contributed by atoms with Gasteiger partial charge in [-0.25, -0.2) is 4.98 Å². The van der Waals surface area contributed by atoms with Crippen molar-refractivity contribution in [2.75, 3.05) is 11.1 Å². The molecule has 2 heterocycles. The molecular formula is C19H21N5OS2. The van der Waals surface area contributed by atoms with Crippen molar-refractivity contribution in [1.29, 1.82) is 0 Å². The third kappa shape index (κ3) is 4.39. The fraction of sp³-hybridized carbons (Fsp3) is 0.368. The number of aromatic nitrogens is 4. The number of benzene rings is 1. The Morgan fingerprint density at radius 3 is 2.85 bits per heavy atom. The van der Waals surface area contributed by atoms with Gasteiger partial charge in [-0.05, 0) is 19.3 Å². The molecule has 8 heteroatoms. The van der Waals surface area contributed by atoms with Crippen LogP contribution in [0.5, 0.6) is 0 Å². The van der Waals surface area contributed by atoms with Crippen molar-refractivity contribution in [3.05, 3.63) is 41.5 Å². The second-order valence-corrected chi connectivity index (χ2v) is 8.31. The molecule has 1 aliphatic carbocycles. The molecule has 0 bridgehead atoms. The summed E-state index contributed by atoms with van der Waals surface area (Å²) in [5.74, 6) is 1.85. The Morgan fingerprint density at radius 1 is 1.30 bits per heavy atom. The van der Waals surface area contributed by atoms with Gasteiger partial charge in [-0.3, -0.25) is 4.79 Å². The van der Waals surface area contributed by atoms with Gasteiger partial charge in [-0.15, -0.1) is 21.5 Å². The second kappa shape index (κ2) is 8.22. The van der Waals surface area contributed by atoms with E-state index in [-0.39, 0.29) is 5.91 Å². The van der Waals surface area contributed by atoms with Gasteiger partial charge < -0.3 is 9.88 Å². The average Bonchev–Trinajstić information content (AvgIpc) is 3.29. The minimum atomic E-state index is -0.0759. The third-order valence-electron chi connectivity index (χ3n) is 4.29. The van der Waals surface area contributed by atoms with Crippen molar-refractivity contribution in [1.82, 2.24) is 19.7 Å². The summed E-state index contributed by atoms with van der Waals surface area (Å²) in [6.07, 6.45) is 3.42. The largest absolute Gasteiger partial charge is 0.306 e. The van der Waals surface area contributed by atoms with Crippen LogP contribution in [0.15, 0.2) is 40.9 Å². The van der Waals surface area contributed by atoms with Gasteiger partial charge in [-0.1, -0.05) is 49.0 Å². The molecular weight excluding hydrogens is 378 g/mol. The van der Waals surface area contributed by atoms with E-state index in [4.69, 9.17) is 0 Å². The zero-order chi connectivity index (χ0) is 18.6. The molecule has 140 valence electrons. The maximum Gasteiger partial charge on any atom is 0.236 e. The number of carbonyl (C=O) groups excluding carboxylic acids is 1. The lowest BCUT2D eigenvalue weighted by molar-refractivity contribution is -0.113. The normalized spacial score (nSPS) is 13.7. The summed E-state index contributed by atoms with van der Waals surface area (Å²) in [7, 11) is 0. The Hall–Kier alpha value is -2.19. The van der Waals surface area contributed by atoms with Gasteiger partial charge >= 0.3 is 0 Å². The van der Waals surface area contributed by atoms with E-state index < -0.39 is 0 Å². The summed E-state index contributed by atoms with van der Waals surface area (Å²) >= 11 is 2.87. The van der Waals surface area contributed by atoms with Crippen LogP contribution in [0.4, 0.5) is 5.13 Å². The summed E-state index contributed by atoms with van der Waals surface area (Å²) in [5, 5.41) is 14.9. The van der Waals surface area contributed by atoms with Crippen LogP contribution in [0.1, 0.15) is 37.9 Å². The molecule has 2 aromatic heterocycles. The molecule has 0 spiro atoms. The summed E-state index contributed by atoms with van der Waals surface area (Å²) in [4.78, 5) is 16.8. The Morgan fingerprint density at radius 2 is 2.11 bits per heavy atom. The zero-order valence-corrected chi connectivity index (χ0v) is 16.7. The molecule has 6 nitrogen and oxygen atoms in total. The predicted octanol–water partition coefficient (Wildman–Crippen LogP) is 4.42. The standard InChI is InChI=1S/C19H21N5OS2/c1-2-10-24-17(14-8-9-14)22-23-19(24)27-12-16(25)21-18-20-15(11-26-18)13-6-4-3-5-7-13/h3-7,11,14H,2,8-10,12H2,1H3,(H,20,21,25). The number of thiazole rings is 1. The number of hydrogen-bond donors (Lipinski definition) is 1. The first-order valence-electron chi connectivity index (χ1n) is 9.11. The van der Waals surface area contributed by atoms with Crippen LogP contribution in [0.25, 0.3) is 11.3 Å². The van der Waals surface area contributed by atoms with Gasteiger partial charge in [0.2, 0.25) is 5.91 Å². The molecule has 0 aliphatic heterocycles. The highest BCUT2D eigenvalue weighted by atomic mass is 32.2. The lowest BCUT2D eigenvalue weighted by Gasteiger charge is -2.07. The first-order chi connectivity index (χ1) is 13.2. The molecule has 1 N–H and O–H groups in total. The number of nitrogens with one attached hydrogen (secondary N) is 1. The second-order valence-electron chi connectivity index (χ2n) is 6.51. The van der Waals surface area contributed by atoms with Crippen LogP contribution < -0.4 is 5.32 Å². The van der Waals surface area contributed by atoms with Crippen molar-refractivity contribution in [3.63, 3.8) is 0 Å². The van der Waals surface area contributed by atoms with Crippen molar-refractivity contribution < 1.29 is 4.79 Å². The van der Waals surface area contributed by atoms with E-state index in [1.165, 1.54) is 35.9 Å². The van der Waals surface area contributed by atoms with Gasteiger partial charge in [0, 0.05) is 23.4 Å². The van der Waals surface area contributed by atoms with E-state index in [1.807, 2.05) is 35.7 Å². The first-order valence-corrected chi connectivity index (χ1v) is 11.0. The smallest absolute Gasteiger partial charge is 0.236 e. The maximum atomic E-state index is 12.3. The van der Waals surface area contributed by atoms with Crippen LogP contribution in [-0.4, -0.2) is 31.4 Å². The number of thioether (sulfide) groups is 1. The SMILES string of the molecule is CCCn1c(SCC(=O)Nc2nc(-c3ccccc3)cs2)nnc1C1CC1. The summed E-state index contributed by atoms with van der Waals surface area (Å²) in [6, 6.07) is 9.95. The van der Waals surface area contributed by atoms with Crippen molar-refractivity contribution in [2.45, 2.75) is 43.8 Å². The molecule has 1 aliphatic rings. The topological polar surface area (TPSA) is 72.7 Å². The third-order valence-corrected chi connectivity index (χ3v) is 6.01. The van der Waals surface area contributed by atoms with E-state index in [9.17, 15) is 4.79 Å². The Bertz CT molecular complexity index is 917. The molecule has 4 rings (SSSR count). The van der Waals surface area contributed by atoms with E-state index in [2.05, 4.69) is 32.0 Å². The number of rotatable bonds is 8. The van der Waals surface area contributed by atoms with Crippen LogP contribution in [0, 0.1) is 0 Å². The Kier molecular flexibility index (Phi) is 5.54. The van der Waals surface area contributed by atoms with Crippen molar-refractivity contribution in [3.8, 4) is 11.3 Å². The molecule has 1 aromatic carbocycles. The molecule has 1 fully saturated rings. The fourth-order valence-corrected chi connectivity index (χ4v) is 4.35. The highest BCUT2D eigenvalue weighted by Crippen LogP contribution is 2.40. The number of anilines is 1. The highest BCUT2D eigenvalue weighted by Gasteiger charge is 2.30. The minimum Gasteiger partial charge on any atom is -0.306 e. The quantitative estimate of drug-likeness (QED) is 0.568. The van der Waals surface area contributed by atoms with Gasteiger partial charge in [0.15, 0.2) is 10.3 Å². The first kappa shape index (κ1) is 18.2. The average molecular weight is 400 g/mol. The number of carbonyl (C=O) groups is 1. The van der Waals surface area contributed by atoms with Crippen LogP contribution in [0.3, 0.4) is 0 Å². The van der Waals surface area contributed by atoms with Gasteiger partial charge in [0.1, 0.15) is 5.82 Å².